The minimum Gasteiger partial charge on any atom is -0.478 e. The Morgan fingerprint density at radius 2 is 1.72 bits per heavy atom. The molecule has 4 aromatic rings. The summed E-state index contributed by atoms with van der Waals surface area (Å²) in [6.07, 6.45) is 0. The van der Waals surface area contributed by atoms with Crippen LogP contribution in [0.25, 0.3) is 16.9 Å². The Labute approximate surface area is 173 Å². The number of carbonyl (C=O) groups is 1. The first-order valence-corrected chi connectivity index (χ1v) is 9.42. The summed E-state index contributed by atoms with van der Waals surface area (Å²) in [5.41, 5.74) is 4.22. The fourth-order valence-electron chi connectivity index (χ4n) is 3.15. The third kappa shape index (κ3) is 3.86. The van der Waals surface area contributed by atoms with Crippen LogP contribution in [0.5, 0.6) is 0 Å². The first kappa shape index (κ1) is 18.8. The fourth-order valence-corrected chi connectivity index (χ4v) is 3.32. The number of aromatic carboxylic acids is 1. The highest BCUT2D eigenvalue weighted by atomic mass is 35.5. The van der Waals surface area contributed by atoms with Gasteiger partial charge < -0.3 is 10.4 Å². The van der Waals surface area contributed by atoms with Gasteiger partial charge in [-0.2, -0.15) is 5.10 Å². The van der Waals surface area contributed by atoms with Crippen molar-refractivity contribution in [2.75, 3.05) is 5.32 Å². The van der Waals surface area contributed by atoms with E-state index in [1.54, 1.807) is 16.8 Å². The molecule has 0 saturated carbocycles. The summed E-state index contributed by atoms with van der Waals surface area (Å²) in [4.78, 5) is 11.7. The van der Waals surface area contributed by atoms with Crippen LogP contribution in [0, 0.1) is 6.92 Å². The second kappa shape index (κ2) is 7.81. The van der Waals surface area contributed by atoms with E-state index in [1.807, 2.05) is 67.6 Å². The predicted molar refractivity (Wildman–Crippen MR) is 115 cm³/mol. The SMILES string of the molecule is Cc1ccccc1-n1nc(-c2ccccc2)cc1Nc1cc(Cl)ccc1C(=O)O. The number of hydrogen-bond donors (Lipinski definition) is 2. The number of nitrogens with zero attached hydrogens (tertiary/aromatic N) is 2. The zero-order valence-corrected chi connectivity index (χ0v) is 16.4. The Kier molecular flexibility index (Phi) is 5.06. The number of carboxylic acid groups (broad SMARTS) is 1. The van der Waals surface area contributed by atoms with Crippen molar-refractivity contribution in [1.29, 1.82) is 0 Å². The lowest BCUT2D eigenvalue weighted by Gasteiger charge is -2.13. The van der Waals surface area contributed by atoms with Gasteiger partial charge in [0.15, 0.2) is 0 Å². The molecule has 4 rings (SSSR count). The zero-order valence-electron chi connectivity index (χ0n) is 15.6. The number of halogens is 1. The molecule has 0 fully saturated rings. The third-order valence-electron chi connectivity index (χ3n) is 4.60. The summed E-state index contributed by atoms with van der Waals surface area (Å²) in [7, 11) is 0. The number of para-hydroxylation sites is 1. The van der Waals surface area contributed by atoms with Gasteiger partial charge in [0.05, 0.1) is 22.6 Å². The molecule has 0 amide bonds. The first-order valence-electron chi connectivity index (χ1n) is 9.04. The van der Waals surface area contributed by atoms with Gasteiger partial charge in [-0.15, -0.1) is 0 Å². The van der Waals surface area contributed by atoms with Crippen molar-refractivity contribution in [3.05, 3.63) is 95.0 Å². The van der Waals surface area contributed by atoms with Gasteiger partial charge >= 0.3 is 5.97 Å². The van der Waals surface area contributed by atoms with Crippen molar-refractivity contribution < 1.29 is 9.90 Å². The van der Waals surface area contributed by atoms with Crippen LogP contribution >= 0.6 is 11.6 Å². The molecule has 0 bridgehead atoms. The van der Waals surface area contributed by atoms with Gasteiger partial charge in [-0.25, -0.2) is 9.48 Å². The van der Waals surface area contributed by atoms with E-state index in [4.69, 9.17) is 16.7 Å². The van der Waals surface area contributed by atoms with Crippen LogP contribution < -0.4 is 5.32 Å². The van der Waals surface area contributed by atoms with Gasteiger partial charge in [-0.05, 0) is 36.8 Å². The lowest BCUT2D eigenvalue weighted by atomic mass is 10.1. The van der Waals surface area contributed by atoms with Crippen LogP contribution in [0.2, 0.25) is 5.02 Å². The summed E-state index contributed by atoms with van der Waals surface area (Å²) in [5, 5.41) is 18.0. The van der Waals surface area contributed by atoms with Crippen molar-refractivity contribution >= 4 is 29.1 Å². The van der Waals surface area contributed by atoms with Crippen LogP contribution in [0.1, 0.15) is 15.9 Å². The largest absolute Gasteiger partial charge is 0.478 e. The van der Waals surface area contributed by atoms with Crippen molar-refractivity contribution in [3.63, 3.8) is 0 Å². The monoisotopic (exact) mass is 403 g/mol. The second-order valence-corrected chi connectivity index (χ2v) is 7.04. The molecule has 3 aromatic carbocycles. The number of anilines is 2. The minimum absolute atomic E-state index is 0.133. The van der Waals surface area contributed by atoms with E-state index >= 15 is 0 Å². The molecule has 1 aromatic heterocycles. The van der Waals surface area contributed by atoms with Crippen LogP contribution in [-0.4, -0.2) is 20.9 Å². The fraction of sp³-hybridized carbons (Fsp3) is 0.0435. The third-order valence-corrected chi connectivity index (χ3v) is 4.83. The van der Waals surface area contributed by atoms with E-state index in [2.05, 4.69) is 5.32 Å². The molecule has 0 unspecified atom stereocenters. The molecule has 29 heavy (non-hydrogen) atoms. The van der Waals surface area contributed by atoms with E-state index < -0.39 is 5.97 Å². The first-order chi connectivity index (χ1) is 14.0. The van der Waals surface area contributed by atoms with Crippen molar-refractivity contribution in [1.82, 2.24) is 9.78 Å². The van der Waals surface area contributed by atoms with Crippen molar-refractivity contribution in [2.45, 2.75) is 6.92 Å². The number of aryl methyl sites for hydroxylation is 1. The molecule has 0 spiro atoms. The highest BCUT2D eigenvalue weighted by molar-refractivity contribution is 6.31. The summed E-state index contributed by atoms with van der Waals surface area (Å²) < 4.78 is 1.78. The van der Waals surface area contributed by atoms with E-state index in [9.17, 15) is 9.90 Å². The van der Waals surface area contributed by atoms with Crippen LogP contribution in [0.3, 0.4) is 0 Å². The maximum atomic E-state index is 11.7. The molecule has 6 heteroatoms. The molecule has 2 N–H and O–H groups in total. The molecule has 144 valence electrons. The van der Waals surface area contributed by atoms with E-state index in [-0.39, 0.29) is 5.56 Å². The summed E-state index contributed by atoms with van der Waals surface area (Å²) in [6.45, 7) is 2.01. The second-order valence-electron chi connectivity index (χ2n) is 6.60. The molecule has 0 atom stereocenters. The lowest BCUT2D eigenvalue weighted by molar-refractivity contribution is 0.0698. The molecule has 1 heterocycles. The van der Waals surface area contributed by atoms with Gasteiger partial charge in [0.1, 0.15) is 5.82 Å². The average Bonchev–Trinajstić information content (AvgIpc) is 3.12. The maximum Gasteiger partial charge on any atom is 0.337 e. The summed E-state index contributed by atoms with van der Waals surface area (Å²) >= 11 is 6.12. The van der Waals surface area contributed by atoms with Gasteiger partial charge in [0.25, 0.3) is 0 Å². The van der Waals surface area contributed by atoms with E-state index in [1.165, 1.54) is 6.07 Å². The predicted octanol–water partition coefficient (Wildman–Crippen LogP) is 5.94. The number of aromatic nitrogens is 2. The Balaban J connectivity index is 1.87. The molecule has 0 aliphatic heterocycles. The zero-order chi connectivity index (χ0) is 20.4. The van der Waals surface area contributed by atoms with Gasteiger partial charge in [0.2, 0.25) is 0 Å². The van der Waals surface area contributed by atoms with Crippen molar-refractivity contribution in [3.8, 4) is 16.9 Å². The van der Waals surface area contributed by atoms with Crippen LogP contribution in [-0.2, 0) is 0 Å². The maximum absolute atomic E-state index is 11.7. The Morgan fingerprint density at radius 1 is 1.00 bits per heavy atom. The molecule has 5 nitrogen and oxygen atoms in total. The standard InChI is InChI=1S/C23H18ClN3O2/c1-15-7-5-6-10-21(15)27-22(14-19(26-27)16-8-3-2-4-9-16)25-20-13-17(24)11-12-18(20)23(28)29/h2-14,25H,1H3,(H,28,29). The summed E-state index contributed by atoms with van der Waals surface area (Å²) in [6, 6.07) is 24.2. The van der Waals surface area contributed by atoms with Crippen LogP contribution in [0.4, 0.5) is 11.5 Å². The number of carboxylic acids is 1. The van der Waals surface area contributed by atoms with E-state index in [0.717, 1.165) is 22.5 Å². The lowest BCUT2D eigenvalue weighted by Crippen LogP contribution is -2.07. The highest BCUT2D eigenvalue weighted by Crippen LogP contribution is 2.30. The number of benzene rings is 3. The highest BCUT2D eigenvalue weighted by Gasteiger charge is 2.16. The molecule has 0 saturated heterocycles. The topological polar surface area (TPSA) is 67.2 Å². The Bertz CT molecular complexity index is 1190. The Hall–Kier alpha value is -3.57. The normalized spacial score (nSPS) is 10.7. The molecular formula is C23H18ClN3O2. The van der Waals surface area contributed by atoms with E-state index in [0.29, 0.717) is 16.5 Å². The smallest absolute Gasteiger partial charge is 0.337 e. The molecular weight excluding hydrogens is 386 g/mol. The summed E-state index contributed by atoms with van der Waals surface area (Å²) in [5.74, 6) is -0.391. The van der Waals surface area contributed by atoms with Gasteiger partial charge in [-0.3, -0.25) is 0 Å². The van der Waals surface area contributed by atoms with Crippen molar-refractivity contribution in [2.24, 2.45) is 0 Å². The number of rotatable bonds is 5. The number of hydrogen-bond acceptors (Lipinski definition) is 3. The molecule has 0 aliphatic carbocycles. The van der Waals surface area contributed by atoms with Gasteiger partial charge in [-0.1, -0.05) is 60.1 Å². The molecule has 0 radical (unpaired) electrons. The average molecular weight is 404 g/mol. The number of nitrogens with one attached hydrogen (secondary N) is 1. The minimum atomic E-state index is -1.03. The quantitative estimate of drug-likeness (QED) is 0.432. The van der Waals surface area contributed by atoms with Crippen LogP contribution in [0.15, 0.2) is 78.9 Å². The van der Waals surface area contributed by atoms with Gasteiger partial charge in [0, 0.05) is 16.7 Å². The Morgan fingerprint density at radius 3 is 2.45 bits per heavy atom. The molecule has 0 aliphatic rings.